The standard InChI is InChI=1S/C21H19NO3S2/c1-14-7-9-16(10-8-14)20(23)15(2)25-21(24)18-5-3-4-6-19(18)27-12-17-11-26-13-22-17/h3-11,13,15H,12H2,1-2H3. The van der Waals surface area contributed by atoms with Crippen molar-refractivity contribution in [3.63, 3.8) is 0 Å². The van der Waals surface area contributed by atoms with E-state index >= 15 is 0 Å². The van der Waals surface area contributed by atoms with Crippen LogP contribution in [-0.4, -0.2) is 22.8 Å². The van der Waals surface area contributed by atoms with Gasteiger partial charge in [0, 0.05) is 21.6 Å². The minimum atomic E-state index is -0.850. The lowest BCUT2D eigenvalue weighted by Gasteiger charge is -2.14. The van der Waals surface area contributed by atoms with E-state index in [2.05, 4.69) is 4.98 Å². The Morgan fingerprint density at radius 2 is 1.89 bits per heavy atom. The summed E-state index contributed by atoms with van der Waals surface area (Å²) in [6.45, 7) is 3.56. The molecule has 4 nitrogen and oxygen atoms in total. The minimum absolute atomic E-state index is 0.212. The molecule has 138 valence electrons. The van der Waals surface area contributed by atoms with Crippen LogP contribution in [-0.2, 0) is 10.5 Å². The summed E-state index contributed by atoms with van der Waals surface area (Å²) in [4.78, 5) is 30.2. The Labute approximate surface area is 166 Å². The van der Waals surface area contributed by atoms with Gasteiger partial charge in [0.2, 0.25) is 5.78 Å². The number of hydrogen-bond acceptors (Lipinski definition) is 6. The molecule has 1 atom stereocenters. The Bertz CT molecular complexity index is 921. The molecule has 6 heteroatoms. The largest absolute Gasteiger partial charge is 0.451 e. The number of carbonyl (C=O) groups is 2. The summed E-state index contributed by atoms with van der Waals surface area (Å²) < 4.78 is 5.45. The van der Waals surface area contributed by atoms with E-state index in [9.17, 15) is 9.59 Å². The number of thioether (sulfide) groups is 1. The number of hydrogen-bond donors (Lipinski definition) is 0. The van der Waals surface area contributed by atoms with Gasteiger partial charge in [-0.25, -0.2) is 9.78 Å². The van der Waals surface area contributed by atoms with Crippen LogP contribution < -0.4 is 0 Å². The topological polar surface area (TPSA) is 56.3 Å². The van der Waals surface area contributed by atoms with Crippen LogP contribution in [0.25, 0.3) is 0 Å². The van der Waals surface area contributed by atoms with Crippen LogP contribution in [0.15, 0.2) is 64.3 Å². The zero-order valence-electron chi connectivity index (χ0n) is 15.0. The first-order valence-corrected chi connectivity index (χ1v) is 10.4. The van der Waals surface area contributed by atoms with Crippen molar-refractivity contribution in [1.82, 2.24) is 4.98 Å². The second-order valence-corrected chi connectivity index (χ2v) is 7.78. The van der Waals surface area contributed by atoms with Crippen molar-refractivity contribution in [1.29, 1.82) is 0 Å². The normalized spacial score (nSPS) is 11.8. The lowest BCUT2D eigenvalue weighted by molar-refractivity contribution is 0.0315. The molecule has 0 bridgehead atoms. The second kappa shape index (κ2) is 8.97. The average Bonchev–Trinajstić information content (AvgIpc) is 3.20. The molecule has 1 aromatic heterocycles. The summed E-state index contributed by atoms with van der Waals surface area (Å²) in [6.07, 6.45) is -0.850. The Morgan fingerprint density at radius 3 is 2.59 bits per heavy atom. The third-order valence-electron chi connectivity index (χ3n) is 3.96. The third kappa shape index (κ3) is 5.05. The van der Waals surface area contributed by atoms with Gasteiger partial charge in [-0.05, 0) is 26.0 Å². The maximum Gasteiger partial charge on any atom is 0.339 e. The van der Waals surface area contributed by atoms with E-state index in [0.717, 1.165) is 16.2 Å². The van der Waals surface area contributed by atoms with E-state index in [4.69, 9.17) is 4.74 Å². The van der Waals surface area contributed by atoms with E-state index in [1.807, 2.05) is 36.6 Å². The Morgan fingerprint density at radius 1 is 1.15 bits per heavy atom. The molecular formula is C21H19NO3S2. The fourth-order valence-corrected chi connectivity index (χ4v) is 4.06. The zero-order chi connectivity index (χ0) is 19.2. The zero-order valence-corrected chi connectivity index (χ0v) is 16.7. The molecule has 0 saturated heterocycles. The number of nitrogens with zero attached hydrogens (tertiary/aromatic N) is 1. The molecule has 2 aromatic carbocycles. The fraction of sp³-hybridized carbons (Fsp3) is 0.190. The highest BCUT2D eigenvalue weighted by Crippen LogP contribution is 2.27. The van der Waals surface area contributed by atoms with Gasteiger partial charge in [0.25, 0.3) is 0 Å². The number of esters is 1. The molecule has 0 saturated carbocycles. The highest BCUT2D eigenvalue weighted by atomic mass is 32.2. The quantitative estimate of drug-likeness (QED) is 0.313. The molecule has 1 unspecified atom stereocenters. The summed E-state index contributed by atoms with van der Waals surface area (Å²) >= 11 is 3.07. The van der Waals surface area contributed by atoms with Gasteiger partial charge in [-0.1, -0.05) is 42.0 Å². The van der Waals surface area contributed by atoms with Gasteiger partial charge in [0.15, 0.2) is 6.10 Å². The van der Waals surface area contributed by atoms with Gasteiger partial charge in [-0.3, -0.25) is 4.79 Å². The predicted molar refractivity (Wildman–Crippen MR) is 109 cm³/mol. The molecule has 0 aliphatic carbocycles. The van der Waals surface area contributed by atoms with Gasteiger partial charge in [0.05, 0.1) is 16.8 Å². The molecule has 0 fully saturated rings. The lowest BCUT2D eigenvalue weighted by Crippen LogP contribution is -2.24. The monoisotopic (exact) mass is 397 g/mol. The number of rotatable bonds is 7. The smallest absolute Gasteiger partial charge is 0.339 e. The first kappa shape index (κ1) is 19.3. The number of ketones is 1. The van der Waals surface area contributed by atoms with Crippen molar-refractivity contribution in [2.45, 2.75) is 30.6 Å². The van der Waals surface area contributed by atoms with E-state index in [-0.39, 0.29) is 5.78 Å². The minimum Gasteiger partial charge on any atom is -0.451 e. The highest BCUT2D eigenvalue weighted by molar-refractivity contribution is 7.98. The molecule has 0 N–H and O–H groups in total. The predicted octanol–water partition coefficient (Wildman–Crippen LogP) is 5.17. The molecule has 3 rings (SSSR count). The molecule has 0 aliphatic rings. The molecule has 3 aromatic rings. The molecule has 0 aliphatic heterocycles. The number of Topliss-reactive ketones (excluding diaryl/α,β-unsaturated/α-hetero) is 1. The van der Waals surface area contributed by atoms with Gasteiger partial charge >= 0.3 is 5.97 Å². The second-order valence-electron chi connectivity index (χ2n) is 6.04. The molecule has 0 radical (unpaired) electrons. The summed E-state index contributed by atoms with van der Waals surface area (Å²) in [5, 5.41) is 1.98. The summed E-state index contributed by atoms with van der Waals surface area (Å²) in [6, 6.07) is 14.5. The van der Waals surface area contributed by atoms with Crippen molar-refractivity contribution in [3.8, 4) is 0 Å². The Hall–Kier alpha value is -2.44. The van der Waals surface area contributed by atoms with Gasteiger partial charge in [-0.15, -0.1) is 23.1 Å². The Balaban J connectivity index is 1.68. The van der Waals surface area contributed by atoms with Crippen molar-refractivity contribution < 1.29 is 14.3 Å². The maximum atomic E-state index is 12.6. The van der Waals surface area contributed by atoms with Gasteiger partial charge in [0.1, 0.15) is 0 Å². The van der Waals surface area contributed by atoms with Crippen molar-refractivity contribution in [2.75, 3.05) is 0 Å². The van der Waals surface area contributed by atoms with E-state index < -0.39 is 12.1 Å². The lowest BCUT2D eigenvalue weighted by atomic mass is 10.1. The van der Waals surface area contributed by atoms with Crippen LogP contribution in [0.5, 0.6) is 0 Å². The van der Waals surface area contributed by atoms with Crippen LogP contribution in [0, 0.1) is 6.92 Å². The van der Waals surface area contributed by atoms with E-state index in [1.54, 1.807) is 48.0 Å². The number of thiazole rings is 1. The SMILES string of the molecule is Cc1ccc(C(=O)C(C)OC(=O)c2ccccc2SCc2cscn2)cc1. The van der Waals surface area contributed by atoms with Gasteiger partial charge in [-0.2, -0.15) is 0 Å². The van der Waals surface area contributed by atoms with Crippen molar-refractivity contribution >= 4 is 34.9 Å². The fourth-order valence-electron chi connectivity index (χ4n) is 2.45. The van der Waals surface area contributed by atoms with Crippen LogP contribution in [0.1, 0.15) is 38.9 Å². The average molecular weight is 398 g/mol. The molecular weight excluding hydrogens is 378 g/mol. The summed E-state index contributed by atoms with van der Waals surface area (Å²) in [7, 11) is 0. The third-order valence-corrected chi connectivity index (χ3v) is 5.70. The first-order chi connectivity index (χ1) is 13.0. The van der Waals surface area contributed by atoms with Gasteiger partial charge < -0.3 is 4.74 Å². The van der Waals surface area contributed by atoms with Crippen LogP contribution in [0.2, 0.25) is 0 Å². The highest BCUT2D eigenvalue weighted by Gasteiger charge is 2.22. The van der Waals surface area contributed by atoms with E-state index in [1.165, 1.54) is 11.8 Å². The van der Waals surface area contributed by atoms with Crippen LogP contribution in [0.3, 0.4) is 0 Å². The first-order valence-electron chi connectivity index (χ1n) is 8.45. The number of carbonyl (C=O) groups excluding carboxylic acids is 2. The van der Waals surface area contributed by atoms with Crippen LogP contribution >= 0.6 is 23.1 Å². The summed E-state index contributed by atoms with van der Waals surface area (Å²) in [5.74, 6) is -0.0358. The Kier molecular flexibility index (Phi) is 6.42. The number of benzene rings is 2. The molecule has 1 heterocycles. The molecule has 27 heavy (non-hydrogen) atoms. The number of aryl methyl sites for hydroxylation is 1. The van der Waals surface area contributed by atoms with Crippen LogP contribution in [0.4, 0.5) is 0 Å². The molecule has 0 amide bonds. The summed E-state index contributed by atoms with van der Waals surface area (Å²) in [5.41, 5.74) is 4.82. The maximum absolute atomic E-state index is 12.6. The van der Waals surface area contributed by atoms with Crippen molar-refractivity contribution in [3.05, 3.63) is 81.8 Å². The number of ether oxygens (including phenoxy) is 1. The van der Waals surface area contributed by atoms with E-state index in [0.29, 0.717) is 16.9 Å². The molecule has 0 spiro atoms. The number of aromatic nitrogens is 1. The van der Waals surface area contributed by atoms with Crippen molar-refractivity contribution in [2.24, 2.45) is 0 Å².